The van der Waals surface area contributed by atoms with E-state index >= 15 is 0 Å². The number of hydrogen-bond acceptors (Lipinski definition) is 4. The number of carboxylic acids is 1. The number of benzene rings is 2. The number of hydrogen-bond donors (Lipinski definition) is 2. The average Bonchev–Trinajstić information content (AvgIpc) is 3.08. The highest BCUT2D eigenvalue weighted by atomic mass is 19.4. The van der Waals surface area contributed by atoms with Crippen LogP contribution in [-0.2, 0) is 9.53 Å². The third-order valence-corrected chi connectivity index (χ3v) is 6.32. The maximum Gasteiger partial charge on any atom is 0.416 e. The monoisotopic (exact) mass is 500 g/mol. The van der Waals surface area contributed by atoms with Crippen molar-refractivity contribution in [3.05, 3.63) is 77.4 Å². The summed E-state index contributed by atoms with van der Waals surface area (Å²) in [6.45, 7) is 3.41. The highest BCUT2D eigenvalue weighted by Gasteiger charge is 2.40. The fourth-order valence-corrected chi connectivity index (χ4v) is 4.44. The highest BCUT2D eigenvalue weighted by Crippen LogP contribution is 2.37. The number of anilines is 1. The number of amides is 1. The molecule has 0 spiro atoms. The second-order valence-corrected chi connectivity index (χ2v) is 9.10. The Bertz CT molecular complexity index is 1180. The summed E-state index contributed by atoms with van der Waals surface area (Å²) in [5.74, 6) is -2.03. The van der Waals surface area contributed by atoms with E-state index < -0.39 is 29.4 Å². The number of carbonyl (C=O) groups is 2. The van der Waals surface area contributed by atoms with E-state index in [4.69, 9.17) is 9.84 Å². The number of halogens is 3. The van der Waals surface area contributed by atoms with Crippen molar-refractivity contribution in [2.75, 3.05) is 18.4 Å². The number of likely N-dealkylation sites (tertiary alicyclic amines) is 1. The van der Waals surface area contributed by atoms with Crippen molar-refractivity contribution in [1.29, 1.82) is 0 Å². The molecule has 36 heavy (non-hydrogen) atoms. The first kappa shape index (κ1) is 25.3. The first-order valence-electron chi connectivity index (χ1n) is 11.8. The third kappa shape index (κ3) is 5.90. The number of nitrogens with zero attached hydrogens (tertiary/aromatic N) is 1. The van der Waals surface area contributed by atoms with Crippen LogP contribution in [0, 0.1) is 5.92 Å². The summed E-state index contributed by atoms with van der Waals surface area (Å²) < 4.78 is 47.2. The molecule has 2 aliphatic heterocycles. The topological polar surface area (TPSA) is 78.9 Å². The minimum atomic E-state index is -4.70. The van der Waals surface area contributed by atoms with Crippen molar-refractivity contribution >= 4 is 17.6 Å². The SMILES string of the molecule is CC1CCCN(C2=CCCC(C(F)(F)F)=C(C(=O)Nc3ccc(-c4ccc(C(=O)O)cc4)cc3)O2)C1. The van der Waals surface area contributed by atoms with Gasteiger partial charge in [-0.25, -0.2) is 4.79 Å². The zero-order valence-corrected chi connectivity index (χ0v) is 19.8. The number of alkyl halides is 3. The molecule has 2 aliphatic rings. The Hall–Kier alpha value is -3.75. The van der Waals surface area contributed by atoms with Crippen molar-refractivity contribution in [2.45, 2.75) is 38.8 Å². The minimum Gasteiger partial charge on any atom is -0.478 e. The van der Waals surface area contributed by atoms with Crippen molar-refractivity contribution in [3.8, 4) is 11.1 Å². The molecule has 0 bridgehead atoms. The molecule has 0 saturated carbocycles. The maximum absolute atomic E-state index is 13.8. The lowest BCUT2D eigenvalue weighted by molar-refractivity contribution is -0.119. The van der Waals surface area contributed by atoms with Gasteiger partial charge in [-0.1, -0.05) is 31.2 Å². The number of allylic oxidation sites excluding steroid dienone is 2. The fourth-order valence-electron chi connectivity index (χ4n) is 4.44. The molecule has 1 unspecified atom stereocenters. The molecular weight excluding hydrogens is 473 g/mol. The molecule has 190 valence electrons. The van der Waals surface area contributed by atoms with Crippen LogP contribution >= 0.6 is 0 Å². The van der Waals surface area contributed by atoms with Gasteiger partial charge >= 0.3 is 12.1 Å². The van der Waals surface area contributed by atoms with E-state index in [1.165, 1.54) is 12.1 Å². The summed E-state index contributed by atoms with van der Waals surface area (Å²) in [4.78, 5) is 26.0. The molecule has 0 radical (unpaired) electrons. The standard InChI is InChI=1S/C27H27F3N2O4/c1-17-4-3-15-32(16-17)23-6-2-5-22(27(28,29)30)24(36-23)25(33)31-21-13-11-19(12-14-21)18-7-9-20(10-8-18)26(34)35/h6-14,17H,2-5,15-16H2,1H3,(H,31,33)(H,34,35). The predicted molar refractivity (Wildman–Crippen MR) is 129 cm³/mol. The molecule has 1 amide bonds. The van der Waals surface area contributed by atoms with Crippen LogP contribution in [0.1, 0.15) is 43.0 Å². The number of carboxylic acid groups (broad SMARTS) is 1. The third-order valence-electron chi connectivity index (χ3n) is 6.32. The van der Waals surface area contributed by atoms with E-state index in [0.29, 0.717) is 30.6 Å². The number of ether oxygens (including phenoxy) is 1. The van der Waals surface area contributed by atoms with Crippen molar-refractivity contribution in [3.63, 3.8) is 0 Å². The fraction of sp³-hybridized carbons (Fsp3) is 0.333. The number of carbonyl (C=O) groups excluding carboxylic acids is 1. The number of aromatic carboxylic acids is 1. The van der Waals surface area contributed by atoms with Gasteiger partial charge in [-0.05, 0) is 73.1 Å². The summed E-state index contributed by atoms with van der Waals surface area (Å²) in [5.41, 5.74) is 1.01. The van der Waals surface area contributed by atoms with Crippen LogP contribution in [0.25, 0.3) is 11.1 Å². The van der Waals surface area contributed by atoms with Crippen LogP contribution in [0.2, 0.25) is 0 Å². The first-order valence-corrected chi connectivity index (χ1v) is 11.8. The van der Waals surface area contributed by atoms with Crippen LogP contribution in [0.15, 0.2) is 71.8 Å². The summed E-state index contributed by atoms with van der Waals surface area (Å²) in [5, 5.41) is 11.6. The molecule has 0 aromatic heterocycles. The Morgan fingerprint density at radius 3 is 2.28 bits per heavy atom. The smallest absolute Gasteiger partial charge is 0.416 e. The van der Waals surface area contributed by atoms with Crippen LogP contribution in [-0.4, -0.2) is 41.1 Å². The van der Waals surface area contributed by atoms with Gasteiger partial charge in [-0.2, -0.15) is 13.2 Å². The van der Waals surface area contributed by atoms with Crippen LogP contribution in [0.5, 0.6) is 0 Å². The predicted octanol–water partition coefficient (Wildman–Crippen LogP) is 6.19. The quantitative estimate of drug-likeness (QED) is 0.512. The number of rotatable bonds is 5. The van der Waals surface area contributed by atoms with E-state index in [-0.39, 0.29) is 18.4 Å². The lowest BCUT2D eigenvalue weighted by Gasteiger charge is -2.33. The Morgan fingerprint density at radius 2 is 1.69 bits per heavy atom. The number of piperidine rings is 1. The molecule has 4 rings (SSSR count). The van der Waals surface area contributed by atoms with E-state index in [2.05, 4.69) is 12.2 Å². The second kappa shape index (κ2) is 10.5. The molecule has 1 atom stereocenters. The lowest BCUT2D eigenvalue weighted by atomic mass is 10.0. The van der Waals surface area contributed by atoms with Crippen LogP contribution in [0.3, 0.4) is 0 Å². The van der Waals surface area contributed by atoms with Crippen molar-refractivity contribution < 1.29 is 32.6 Å². The Kier molecular flexibility index (Phi) is 7.37. The van der Waals surface area contributed by atoms with Gasteiger partial charge < -0.3 is 20.1 Å². The lowest BCUT2D eigenvalue weighted by Crippen LogP contribution is -2.35. The highest BCUT2D eigenvalue weighted by molar-refractivity contribution is 6.03. The molecule has 6 nitrogen and oxygen atoms in total. The van der Waals surface area contributed by atoms with Crippen molar-refractivity contribution in [2.24, 2.45) is 5.92 Å². The maximum atomic E-state index is 13.8. The van der Waals surface area contributed by atoms with E-state index in [1.54, 1.807) is 42.5 Å². The zero-order valence-electron chi connectivity index (χ0n) is 19.8. The molecule has 2 aromatic rings. The Morgan fingerprint density at radius 1 is 1.06 bits per heavy atom. The molecule has 1 fully saturated rings. The molecule has 2 N–H and O–H groups in total. The van der Waals surface area contributed by atoms with E-state index in [9.17, 15) is 22.8 Å². The molecule has 2 aromatic carbocycles. The molecule has 1 saturated heterocycles. The molecule has 9 heteroatoms. The van der Waals surface area contributed by atoms with Gasteiger partial charge in [0.25, 0.3) is 5.91 Å². The minimum absolute atomic E-state index is 0.126. The van der Waals surface area contributed by atoms with Gasteiger partial charge in [0.15, 0.2) is 5.88 Å². The first-order chi connectivity index (χ1) is 17.1. The summed E-state index contributed by atoms with van der Waals surface area (Å²) in [6.07, 6.45) is -1.33. The van der Waals surface area contributed by atoms with Gasteiger partial charge in [0.2, 0.25) is 5.76 Å². The molecule has 0 aliphatic carbocycles. The van der Waals surface area contributed by atoms with Crippen molar-refractivity contribution in [1.82, 2.24) is 4.90 Å². The number of nitrogens with one attached hydrogen (secondary N) is 1. The Labute approximate surface area is 207 Å². The van der Waals surface area contributed by atoms with Gasteiger partial charge in [0.05, 0.1) is 11.1 Å². The van der Waals surface area contributed by atoms with Gasteiger partial charge in [-0.15, -0.1) is 0 Å². The molecule has 2 heterocycles. The van der Waals surface area contributed by atoms with E-state index in [0.717, 1.165) is 24.0 Å². The zero-order chi connectivity index (χ0) is 25.9. The summed E-state index contributed by atoms with van der Waals surface area (Å²) >= 11 is 0. The normalized spacial score (nSPS) is 18.7. The summed E-state index contributed by atoms with van der Waals surface area (Å²) in [6, 6.07) is 12.8. The van der Waals surface area contributed by atoms with Gasteiger partial charge in [-0.3, -0.25) is 4.79 Å². The van der Waals surface area contributed by atoms with Gasteiger partial charge in [0, 0.05) is 18.8 Å². The summed E-state index contributed by atoms with van der Waals surface area (Å²) in [7, 11) is 0. The second-order valence-electron chi connectivity index (χ2n) is 9.10. The van der Waals surface area contributed by atoms with Crippen LogP contribution in [0.4, 0.5) is 18.9 Å². The van der Waals surface area contributed by atoms with E-state index in [1.807, 2.05) is 4.90 Å². The van der Waals surface area contributed by atoms with Crippen LogP contribution < -0.4 is 5.32 Å². The molecular formula is C27H27F3N2O4. The largest absolute Gasteiger partial charge is 0.478 e. The van der Waals surface area contributed by atoms with Gasteiger partial charge in [0.1, 0.15) is 0 Å². The Balaban J connectivity index is 1.53. The average molecular weight is 501 g/mol.